The van der Waals surface area contributed by atoms with E-state index in [2.05, 4.69) is 86.3 Å². The normalized spacial score (nSPS) is 20.0. The van der Waals surface area contributed by atoms with Crippen molar-refractivity contribution in [1.29, 1.82) is 0 Å². The van der Waals surface area contributed by atoms with Crippen molar-refractivity contribution in [3.8, 4) is 0 Å². The van der Waals surface area contributed by atoms with Crippen molar-refractivity contribution < 1.29 is 14.0 Å². The van der Waals surface area contributed by atoms with Gasteiger partial charge < -0.3 is 14.1 Å². The molecule has 1 aliphatic carbocycles. The maximum atomic E-state index is 14.0. The molecular formula is C37H39Cl2NO3Si. The van der Waals surface area contributed by atoms with Gasteiger partial charge in [0.1, 0.15) is 12.7 Å². The molecule has 0 N–H and O–H groups in total. The van der Waals surface area contributed by atoms with Crippen LogP contribution in [0.5, 0.6) is 0 Å². The van der Waals surface area contributed by atoms with E-state index in [1.807, 2.05) is 48.5 Å². The first-order valence-electron chi connectivity index (χ1n) is 15.4. The zero-order chi connectivity index (χ0) is 30.9. The van der Waals surface area contributed by atoms with E-state index in [1.54, 1.807) is 0 Å². The lowest BCUT2D eigenvalue weighted by Crippen LogP contribution is -2.67. The second-order valence-corrected chi connectivity index (χ2v) is 18.1. The number of ether oxygens (including phenoxy) is 1. The highest BCUT2D eigenvalue weighted by Gasteiger charge is 2.53. The molecule has 0 bridgehead atoms. The van der Waals surface area contributed by atoms with E-state index in [4.69, 9.17) is 32.4 Å². The van der Waals surface area contributed by atoms with Gasteiger partial charge in [-0.2, -0.15) is 0 Å². The largest absolute Gasteiger partial charge is 0.405 e. The fourth-order valence-electron chi connectivity index (χ4n) is 6.87. The Kier molecular flexibility index (Phi) is 9.05. The molecule has 1 aliphatic heterocycles. The topological polar surface area (TPSA) is 38.8 Å². The standard InChI is InChI=1S/C37H39Cl2NO3Si/c1-37(2,3)44(31-13-6-4-7-14-31,32-15-8-5-9-16-32)43-24-33(26-17-18-26)40-34(41)25-42-36(28-11-10-12-30(39)23-28)35(40)27-19-21-29(38)22-20-27/h4-16,19-23,26,33,35-36H,17-18,24-25H2,1-3H3/t33-,35-,36-/m1/s1. The molecule has 44 heavy (non-hydrogen) atoms. The van der Waals surface area contributed by atoms with Crippen molar-refractivity contribution in [1.82, 2.24) is 4.90 Å². The van der Waals surface area contributed by atoms with Gasteiger partial charge in [0.15, 0.2) is 0 Å². The van der Waals surface area contributed by atoms with Gasteiger partial charge in [0.25, 0.3) is 8.32 Å². The number of carbonyl (C=O) groups is 1. The number of nitrogens with zero attached hydrogens (tertiary/aromatic N) is 1. The molecule has 0 radical (unpaired) electrons. The summed E-state index contributed by atoms with van der Waals surface area (Å²) in [6.45, 7) is 7.31. The molecule has 7 heteroatoms. The van der Waals surface area contributed by atoms with Crippen molar-refractivity contribution in [3.05, 3.63) is 130 Å². The number of halogens is 2. The summed E-state index contributed by atoms with van der Waals surface area (Å²) in [6.07, 6.45) is 1.74. The zero-order valence-electron chi connectivity index (χ0n) is 25.5. The van der Waals surface area contributed by atoms with Crippen LogP contribution in [0.2, 0.25) is 15.1 Å². The van der Waals surface area contributed by atoms with Crippen LogP contribution >= 0.6 is 23.2 Å². The van der Waals surface area contributed by atoms with Gasteiger partial charge in [0.05, 0.1) is 18.7 Å². The van der Waals surface area contributed by atoms with Gasteiger partial charge in [-0.15, -0.1) is 0 Å². The summed E-state index contributed by atoms with van der Waals surface area (Å²) in [7, 11) is -2.82. The van der Waals surface area contributed by atoms with Crippen molar-refractivity contribution >= 4 is 47.8 Å². The van der Waals surface area contributed by atoms with Gasteiger partial charge in [0.2, 0.25) is 5.91 Å². The number of hydrogen-bond donors (Lipinski definition) is 0. The van der Waals surface area contributed by atoms with E-state index in [-0.39, 0.29) is 35.7 Å². The summed E-state index contributed by atoms with van der Waals surface area (Å²) in [5.74, 6) is 0.330. The number of carbonyl (C=O) groups excluding carboxylic acids is 1. The molecule has 4 nitrogen and oxygen atoms in total. The Hall–Kier alpha value is -2.93. The highest BCUT2D eigenvalue weighted by molar-refractivity contribution is 6.99. The maximum Gasteiger partial charge on any atom is 0.261 e. The minimum absolute atomic E-state index is 0.00367. The molecule has 1 saturated carbocycles. The molecule has 0 unspecified atom stereocenters. The first kappa shape index (κ1) is 31.1. The number of hydrogen-bond acceptors (Lipinski definition) is 3. The van der Waals surface area contributed by atoms with E-state index in [9.17, 15) is 4.79 Å². The molecule has 1 amide bonds. The molecule has 0 spiro atoms. The molecule has 1 saturated heterocycles. The van der Waals surface area contributed by atoms with Crippen LogP contribution in [0.3, 0.4) is 0 Å². The Bertz CT molecular complexity index is 1530. The molecule has 4 aromatic rings. The highest BCUT2D eigenvalue weighted by Crippen LogP contribution is 2.47. The molecule has 6 rings (SSSR count). The van der Waals surface area contributed by atoms with E-state index < -0.39 is 8.32 Å². The van der Waals surface area contributed by atoms with Gasteiger partial charge in [0, 0.05) is 10.0 Å². The Labute approximate surface area is 272 Å². The third-order valence-electron chi connectivity index (χ3n) is 9.06. The van der Waals surface area contributed by atoms with E-state index in [1.165, 1.54) is 10.4 Å². The highest BCUT2D eigenvalue weighted by atomic mass is 35.5. The predicted octanol–water partition coefficient (Wildman–Crippen LogP) is 7.99. The Morgan fingerprint density at radius 2 is 1.43 bits per heavy atom. The number of benzene rings is 4. The summed E-state index contributed by atoms with van der Waals surface area (Å²) >= 11 is 12.8. The van der Waals surface area contributed by atoms with Crippen LogP contribution in [0.1, 0.15) is 56.9 Å². The molecule has 2 fully saturated rings. The Balaban J connectivity index is 1.44. The molecule has 0 aromatic heterocycles. The predicted molar refractivity (Wildman–Crippen MR) is 181 cm³/mol. The first-order chi connectivity index (χ1) is 21.2. The Morgan fingerprint density at radius 1 is 0.818 bits per heavy atom. The molecule has 3 atom stereocenters. The average molecular weight is 645 g/mol. The third kappa shape index (κ3) is 6.13. The summed E-state index contributed by atoms with van der Waals surface area (Å²) < 4.78 is 13.8. The van der Waals surface area contributed by atoms with Gasteiger partial charge in [-0.05, 0) is 69.6 Å². The quantitative estimate of drug-likeness (QED) is 0.174. The van der Waals surface area contributed by atoms with Gasteiger partial charge in [-0.3, -0.25) is 4.79 Å². The second-order valence-electron chi connectivity index (χ2n) is 13.0. The van der Waals surface area contributed by atoms with Crippen molar-refractivity contribution in [2.75, 3.05) is 13.2 Å². The third-order valence-corrected chi connectivity index (χ3v) is 14.6. The fourth-order valence-corrected chi connectivity index (χ4v) is 11.8. The minimum Gasteiger partial charge on any atom is -0.405 e. The van der Waals surface area contributed by atoms with Crippen LogP contribution in [0.4, 0.5) is 0 Å². The summed E-state index contributed by atoms with van der Waals surface area (Å²) in [5, 5.41) is 3.58. The monoisotopic (exact) mass is 643 g/mol. The smallest absolute Gasteiger partial charge is 0.261 e. The van der Waals surface area contributed by atoms with Crippen molar-refractivity contribution in [3.63, 3.8) is 0 Å². The molecule has 4 aromatic carbocycles. The lowest BCUT2D eigenvalue weighted by atomic mass is 9.91. The van der Waals surface area contributed by atoms with E-state index >= 15 is 0 Å². The van der Waals surface area contributed by atoms with Crippen LogP contribution in [0.15, 0.2) is 109 Å². The first-order valence-corrected chi connectivity index (χ1v) is 18.0. The van der Waals surface area contributed by atoms with Crippen LogP contribution in [-0.2, 0) is 14.0 Å². The van der Waals surface area contributed by atoms with Crippen LogP contribution < -0.4 is 10.4 Å². The summed E-state index contributed by atoms with van der Waals surface area (Å²) in [6, 6.07) is 36.4. The molecule has 2 aliphatic rings. The number of amides is 1. The average Bonchev–Trinajstić information content (AvgIpc) is 3.86. The van der Waals surface area contributed by atoms with Crippen molar-refractivity contribution in [2.45, 2.75) is 56.8 Å². The minimum atomic E-state index is -2.82. The summed E-state index contributed by atoms with van der Waals surface area (Å²) in [5.41, 5.74) is 1.92. The van der Waals surface area contributed by atoms with Gasteiger partial charge in [-0.1, -0.05) is 129 Å². The van der Waals surface area contributed by atoms with E-state index in [0.29, 0.717) is 22.6 Å². The SMILES string of the molecule is CC(C)(C)[Si](OC[C@H](C1CC1)N1C(=O)CO[C@H](c2cccc(Cl)c2)[C@H]1c1ccc(Cl)cc1)(c1ccccc1)c1ccccc1. The van der Waals surface area contributed by atoms with Crippen molar-refractivity contribution in [2.24, 2.45) is 5.92 Å². The second kappa shape index (κ2) is 12.8. The van der Waals surface area contributed by atoms with Gasteiger partial charge in [-0.25, -0.2) is 0 Å². The lowest BCUT2D eigenvalue weighted by Gasteiger charge is -2.48. The van der Waals surface area contributed by atoms with Crippen LogP contribution in [-0.4, -0.2) is 38.4 Å². The molecular weight excluding hydrogens is 605 g/mol. The van der Waals surface area contributed by atoms with Crippen LogP contribution in [0.25, 0.3) is 0 Å². The number of morpholine rings is 1. The molecule has 228 valence electrons. The van der Waals surface area contributed by atoms with E-state index in [0.717, 1.165) is 24.0 Å². The summed E-state index contributed by atoms with van der Waals surface area (Å²) in [4.78, 5) is 16.1. The molecule has 1 heterocycles. The van der Waals surface area contributed by atoms with Crippen LogP contribution in [0, 0.1) is 5.92 Å². The zero-order valence-corrected chi connectivity index (χ0v) is 28.0. The lowest BCUT2D eigenvalue weighted by molar-refractivity contribution is -0.165. The fraction of sp³-hybridized carbons (Fsp3) is 0.324. The number of rotatable bonds is 9. The maximum absolute atomic E-state index is 14.0. The Morgan fingerprint density at radius 3 is 1.98 bits per heavy atom. The van der Waals surface area contributed by atoms with Gasteiger partial charge >= 0.3 is 0 Å².